The first-order valence-electron chi connectivity index (χ1n) is 13.6. The SMILES string of the molecule is COCC1(O)CCCCC1n1cnc(C(=O)N2CCNC[C@H]2COCc2ccccc2)c1-c1ccccc1. The summed E-state index contributed by atoms with van der Waals surface area (Å²) < 4.78 is 13.5. The lowest BCUT2D eigenvalue weighted by Gasteiger charge is -2.41. The van der Waals surface area contributed by atoms with Crippen molar-refractivity contribution in [2.24, 2.45) is 0 Å². The Morgan fingerprint density at radius 3 is 2.66 bits per heavy atom. The highest BCUT2D eigenvalue weighted by atomic mass is 16.5. The minimum atomic E-state index is -1.01. The Bertz CT molecular complexity index is 1180. The van der Waals surface area contributed by atoms with E-state index in [2.05, 4.69) is 10.3 Å². The van der Waals surface area contributed by atoms with Crippen molar-refractivity contribution in [2.75, 3.05) is 40.0 Å². The monoisotopic (exact) mass is 518 g/mol. The number of aliphatic hydroxyl groups is 1. The van der Waals surface area contributed by atoms with Gasteiger partial charge in [-0.2, -0.15) is 0 Å². The number of ether oxygens (including phenoxy) is 2. The molecule has 3 atom stereocenters. The fourth-order valence-electron chi connectivity index (χ4n) is 5.86. The number of imidazole rings is 1. The lowest BCUT2D eigenvalue weighted by molar-refractivity contribution is -0.0893. The van der Waals surface area contributed by atoms with E-state index in [1.165, 1.54) is 0 Å². The van der Waals surface area contributed by atoms with Crippen LogP contribution in [0.25, 0.3) is 11.3 Å². The van der Waals surface area contributed by atoms with E-state index in [0.717, 1.165) is 42.6 Å². The highest BCUT2D eigenvalue weighted by Crippen LogP contribution is 2.41. The molecule has 0 bridgehead atoms. The smallest absolute Gasteiger partial charge is 0.275 e. The summed E-state index contributed by atoms with van der Waals surface area (Å²) in [5, 5.41) is 15.0. The minimum Gasteiger partial charge on any atom is -0.385 e. The highest BCUT2D eigenvalue weighted by Gasteiger charge is 2.42. The summed E-state index contributed by atoms with van der Waals surface area (Å²) in [6, 6.07) is 19.6. The van der Waals surface area contributed by atoms with Crippen molar-refractivity contribution in [1.82, 2.24) is 19.8 Å². The number of carbonyl (C=O) groups excluding carboxylic acids is 1. The second-order valence-corrected chi connectivity index (χ2v) is 10.4. The predicted molar refractivity (Wildman–Crippen MR) is 146 cm³/mol. The van der Waals surface area contributed by atoms with E-state index in [1.807, 2.05) is 70.1 Å². The second-order valence-electron chi connectivity index (χ2n) is 10.4. The quantitative estimate of drug-likeness (QED) is 0.449. The molecule has 1 aromatic heterocycles. The number of hydrogen-bond acceptors (Lipinski definition) is 6. The van der Waals surface area contributed by atoms with Crippen LogP contribution in [-0.2, 0) is 16.1 Å². The average Bonchev–Trinajstić information content (AvgIpc) is 3.39. The van der Waals surface area contributed by atoms with Crippen molar-refractivity contribution in [3.63, 3.8) is 0 Å². The van der Waals surface area contributed by atoms with Gasteiger partial charge in [0.1, 0.15) is 5.60 Å². The molecular formula is C30H38N4O4. The molecule has 1 saturated carbocycles. The van der Waals surface area contributed by atoms with Gasteiger partial charge in [-0.05, 0) is 18.4 Å². The molecule has 0 radical (unpaired) electrons. The van der Waals surface area contributed by atoms with Gasteiger partial charge < -0.3 is 29.4 Å². The van der Waals surface area contributed by atoms with E-state index in [9.17, 15) is 9.90 Å². The van der Waals surface area contributed by atoms with Gasteiger partial charge in [0.05, 0.1) is 43.9 Å². The standard InChI is InChI=1S/C30H38N4O4/c1-37-21-30(36)15-9-8-14-26(30)34-22-32-27(28(34)24-12-6-3-7-13-24)29(35)33-17-16-31-18-25(33)20-38-19-23-10-4-2-5-11-23/h2-7,10-13,22,25-26,31,36H,8-9,14-21H2,1H3/t25-,26?,30?/m0/s1. The molecule has 1 amide bonds. The molecule has 2 fully saturated rings. The molecule has 2 aliphatic rings. The van der Waals surface area contributed by atoms with Gasteiger partial charge in [0, 0.05) is 32.3 Å². The summed E-state index contributed by atoms with van der Waals surface area (Å²) in [5.41, 5.74) is 2.16. The molecule has 1 aliphatic carbocycles. The van der Waals surface area contributed by atoms with E-state index in [-0.39, 0.29) is 24.6 Å². The number of nitrogens with one attached hydrogen (secondary N) is 1. The largest absolute Gasteiger partial charge is 0.385 e. The van der Waals surface area contributed by atoms with Crippen molar-refractivity contribution in [1.29, 1.82) is 0 Å². The Kier molecular flexibility index (Phi) is 8.54. The predicted octanol–water partition coefficient (Wildman–Crippen LogP) is 3.67. The second kappa shape index (κ2) is 12.2. The summed E-state index contributed by atoms with van der Waals surface area (Å²) >= 11 is 0. The van der Waals surface area contributed by atoms with E-state index in [0.29, 0.717) is 38.4 Å². The molecule has 8 heteroatoms. The van der Waals surface area contributed by atoms with Crippen molar-refractivity contribution in [2.45, 2.75) is 50.0 Å². The van der Waals surface area contributed by atoms with Gasteiger partial charge in [-0.15, -0.1) is 0 Å². The van der Waals surface area contributed by atoms with Gasteiger partial charge in [-0.25, -0.2) is 4.98 Å². The molecule has 0 spiro atoms. The van der Waals surface area contributed by atoms with Crippen LogP contribution < -0.4 is 5.32 Å². The number of hydrogen-bond donors (Lipinski definition) is 2. The molecule has 2 heterocycles. The van der Waals surface area contributed by atoms with Crippen LogP contribution in [0.4, 0.5) is 0 Å². The van der Waals surface area contributed by atoms with E-state index < -0.39 is 5.60 Å². The van der Waals surface area contributed by atoms with E-state index in [4.69, 9.17) is 9.47 Å². The number of piperazine rings is 1. The summed E-state index contributed by atoms with van der Waals surface area (Å²) in [7, 11) is 1.62. The molecule has 5 rings (SSSR count). The minimum absolute atomic E-state index is 0.103. The van der Waals surface area contributed by atoms with E-state index >= 15 is 0 Å². The average molecular weight is 519 g/mol. The molecule has 38 heavy (non-hydrogen) atoms. The number of aromatic nitrogens is 2. The van der Waals surface area contributed by atoms with Gasteiger partial charge in [0.15, 0.2) is 5.69 Å². The number of methoxy groups -OCH3 is 1. The molecule has 2 unspecified atom stereocenters. The highest BCUT2D eigenvalue weighted by molar-refractivity contribution is 5.98. The zero-order valence-corrected chi connectivity index (χ0v) is 22.1. The summed E-state index contributed by atoms with van der Waals surface area (Å²) in [6.45, 7) is 3.15. The van der Waals surface area contributed by atoms with Crippen LogP contribution in [0.3, 0.4) is 0 Å². The van der Waals surface area contributed by atoms with Crippen molar-refractivity contribution >= 4 is 5.91 Å². The third-order valence-electron chi connectivity index (χ3n) is 7.76. The number of nitrogens with zero attached hydrogens (tertiary/aromatic N) is 3. The first kappa shape index (κ1) is 26.6. The lowest BCUT2D eigenvalue weighted by Crippen LogP contribution is -2.55. The van der Waals surface area contributed by atoms with Gasteiger partial charge in [0.25, 0.3) is 5.91 Å². The summed E-state index contributed by atoms with van der Waals surface area (Å²) in [5.74, 6) is -0.108. The molecule has 8 nitrogen and oxygen atoms in total. The Balaban J connectivity index is 1.43. The Morgan fingerprint density at radius 1 is 1.13 bits per heavy atom. The van der Waals surface area contributed by atoms with Gasteiger partial charge in [-0.1, -0.05) is 73.5 Å². The molecule has 1 saturated heterocycles. The molecular weight excluding hydrogens is 480 g/mol. The van der Waals surface area contributed by atoms with Crippen LogP contribution >= 0.6 is 0 Å². The topological polar surface area (TPSA) is 88.8 Å². The zero-order chi connectivity index (χ0) is 26.4. The van der Waals surface area contributed by atoms with Crippen LogP contribution in [0.15, 0.2) is 67.0 Å². The Hall–Kier alpha value is -3.04. The summed E-state index contributed by atoms with van der Waals surface area (Å²) in [4.78, 5) is 20.7. The first-order chi connectivity index (χ1) is 18.6. The normalized spacial score (nSPS) is 23.9. The van der Waals surface area contributed by atoms with Gasteiger partial charge in [-0.3, -0.25) is 4.79 Å². The Labute approximate surface area is 224 Å². The van der Waals surface area contributed by atoms with Gasteiger partial charge in [0.2, 0.25) is 0 Å². The summed E-state index contributed by atoms with van der Waals surface area (Å²) in [6.07, 6.45) is 5.14. The third kappa shape index (κ3) is 5.68. The van der Waals surface area contributed by atoms with Crippen LogP contribution in [0.1, 0.15) is 47.8 Å². The zero-order valence-electron chi connectivity index (χ0n) is 22.1. The number of carbonyl (C=O) groups is 1. The number of rotatable bonds is 9. The van der Waals surface area contributed by atoms with Crippen molar-refractivity contribution in [3.05, 3.63) is 78.2 Å². The fourth-order valence-corrected chi connectivity index (χ4v) is 5.86. The number of benzene rings is 2. The maximum atomic E-state index is 14.1. The maximum absolute atomic E-state index is 14.1. The first-order valence-corrected chi connectivity index (χ1v) is 13.6. The van der Waals surface area contributed by atoms with Crippen LogP contribution in [-0.4, -0.2) is 77.1 Å². The van der Waals surface area contributed by atoms with E-state index in [1.54, 1.807) is 13.4 Å². The Morgan fingerprint density at radius 2 is 1.89 bits per heavy atom. The number of amides is 1. The maximum Gasteiger partial charge on any atom is 0.275 e. The van der Waals surface area contributed by atoms with Crippen molar-refractivity contribution < 1.29 is 19.4 Å². The van der Waals surface area contributed by atoms with Crippen LogP contribution in [0.2, 0.25) is 0 Å². The molecule has 2 aromatic carbocycles. The molecule has 2 N–H and O–H groups in total. The third-order valence-corrected chi connectivity index (χ3v) is 7.76. The van der Waals surface area contributed by atoms with Crippen molar-refractivity contribution in [3.8, 4) is 11.3 Å². The molecule has 202 valence electrons. The van der Waals surface area contributed by atoms with Crippen LogP contribution in [0, 0.1) is 0 Å². The fraction of sp³-hybridized carbons (Fsp3) is 0.467. The molecule has 3 aromatic rings. The van der Waals surface area contributed by atoms with Crippen LogP contribution in [0.5, 0.6) is 0 Å². The van der Waals surface area contributed by atoms with Gasteiger partial charge >= 0.3 is 0 Å². The molecule has 1 aliphatic heterocycles. The lowest BCUT2D eigenvalue weighted by atomic mass is 9.80.